The van der Waals surface area contributed by atoms with E-state index in [0.717, 1.165) is 32.2 Å². The van der Waals surface area contributed by atoms with Crippen molar-refractivity contribution in [2.75, 3.05) is 6.54 Å². The minimum atomic E-state index is -0.337. The average Bonchev–Trinajstić information content (AvgIpc) is 3.12. The predicted octanol–water partition coefficient (Wildman–Crippen LogP) is 3.59. The lowest BCUT2D eigenvalue weighted by Gasteiger charge is -2.33. The van der Waals surface area contributed by atoms with E-state index in [2.05, 4.69) is 17.1 Å². The summed E-state index contributed by atoms with van der Waals surface area (Å²) in [5.74, 6) is 1.31. The number of amides is 1. The summed E-state index contributed by atoms with van der Waals surface area (Å²) in [6.07, 6.45) is 3.85. The molecule has 1 saturated carbocycles. The fourth-order valence-corrected chi connectivity index (χ4v) is 3.45. The van der Waals surface area contributed by atoms with Crippen molar-refractivity contribution < 1.29 is 13.7 Å². The Morgan fingerprint density at radius 2 is 2.21 bits per heavy atom. The molecule has 1 aromatic carbocycles. The molecule has 126 valence electrons. The van der Waals surface area contributed by atoms with Crippen LogP contribution in [0.5, 0.6) is 0 Å². The normalized spacial score (nSPS) is 26.4. The van der Waals surface area contributed by atoms with Crippen molar-refractivity contribution in [3.05, 3.63) is 36.0 Å². The molecule has 1 amide bonds. The van der Waals surface area contributed by atoms with Gasteiger partial charge in [-0.3, -0.25) is 4.79 Å². The fourth-order valence-electron chi connectivity index (χ4n) is 3.45. The summed E-state index contributed by atoms with van der Waals surface area (Å²) in [5.41, 5.74) is 0.578. The van der Waals surface area contributed by atoms with Gasteiger partial charge in [0.1, 0.15) is 11.9 Å². The number of nitrogens with zero attached hydrogens (tertiary/aromatic N) is 3. The number of likely N-dealkylation sites (tertiary alicyclic amines) is 1. The predicted molar refractivity (Wildman–Crippen MR) is 85.3 cm³/mol. The molecule has 2 aromatic rings. The van der Waals surface area contributed by atoms with Crippen LogP contribution in [0.3, 0.4) is 0 Å². The Labute approximate surface area is 139 Å². The topological polar surface area (TPSA) is 59.2 Å². The second-order valence-electron chi connectivity index (χ2n) is 6.83. The number of carbonyl (C=O) groups is 1. The van der Waals surface area contributed by atoms with E-state index in [4.69, 9.17) is 4.52 Å². The molecule has 2 fully saturated rings. The molecule has 3 atom stereocenters. The van der Waals surface area contributed by atoms with Crippen LogP contribution in [0.2, 0.25) is 0 Å². The van der Waals surface area contributed by atoms with Crippen LogP contribution in [0.25, 0.3) is 11.4 Å². The van der Waals surface area contributed by atoms with E-state index in [-0.39, 0.29) is 23.7 Å². The van der Waals surface area contributed by atoms with E-state index in [1.807, 2.05) is 4.90 Å². The minimum absolute atomic E-state index is 0.149. The number of benzene rings is 1. The third kappa shape index (κ3) is 2.81. The zero-order valence-electron chi connectivity index (χ0n) is 13.6. The van der Waals surface area contributed by atoms with E-state index in [1.54, 1.807) is 12.1 Å². The lowest BCUT2D eigenvalue weighted by Crippen LogP contribution is -2.39. The van der Waals surface area contributed by atoms with Gasteiger partial charge < -0.3 is 9.42 Å². The molecule has 1 aromatic heterocycles. The van der Waals surface area contributed by atoms with Gasteiger partial charge in [-0.1, -0.05) is 24.2 Å². The Morgan fingerprint density at radius 1 is 1.38 bits per heavy atom. The SMILES string of the molecule is C[C@@H]1C[C@@H]1C(=O)N1CCCC[C@@H]1c1nc(-c2cccc(F)c2)no1. The van der Waals surface area contributed by atoms with E-state index >= 15 is 0 Å². The van der Waals surface area contributed by atoms with Gasteiger partial charge in [-0.25, -0.2) is 4.39 Å². The number of hydrogen-bond donors (Lipinski definition) is 0. The van der Waals surface area contributed by atoms with Crippen molar-refractivity contribution in [2.24, 2.45) is 11.8 Å². The van der Waals surface area contributed by atoms with Crippen LogP contribution in [0.15, 0.2) is 28.8 Å². The van der Waals surface area contributed by atoms with Crippen molar-refractivity contribution in [1.29, 1.82) is 0 Å². The molecular formula is C18H20FN3O2. The second-order valence-corrected chi connectivity index (χ2v) is 6.83. The molecule has 2 heterocycles. The molecule has 1 aliphatic carbocycles. The zero-order valence-corrected chi connectivity index (χ0v) is 13.6. The van der Waals surface area contributed by atoms with Crippen LogP contribution < -0.4 is 0 Å². The Kier molecular flexibility index (Phi) is 3.82. The number of piperidine rings is 1. The molecule has 4 rings (SSSR count). The highest BCUT2D eigenvalue weighted by Crippen LogP contribution is 2.42. The van der Waals surface area contributed by atoms with Gasteiger partial charge in [-0.15, -0.1) is 0 Å². The number of aromatic nitrogens is 2. The van der Waals surface area contributed by atoms with E-state index in [0.29, 0.717) is 23.2 Å². The van der Waals surface area contributed by atoms with Crippen LogP contribution in [-0.2, 0) is 4.79 Å². The molecule has 5 nitrogen and oxygen atoms in total. The fraction of sp³-hybridized carbons (Fsp3) is 0.500. The van der Waals surface area contributed by atoms with E-state index < -0.39 is 0 Å². The first kappa shape index (κ1) is 15.3. The van der Waals surface area contributed by atoms with Crippen LogP contribution in [0, 0.1) is 17.7 Å². The molecule has 0 N–H and O–H groups in total. The smallest absolute Gasteiger partial charge is 0.249 e. The maximum atomic E-state index is 13.4. The summed E-state index contributed by atoms with van der Waals surface area (Å²) in [5, 5.41) is 3.98. The molecule has 6 heteroatoms. The number of halogens is 1. The van der Waals surface area contributed by atoms with E-state index in [1.165, 1.54) is 12.1 Å². The van der Waals surface area contributed by atoms with E-state index in [9.17, 15) is 9.18 Å². The first-order valence-corrected chi connectivity index (χ1v) is 8.53. The molecule has 1 aliphatic heterocycles. The summed E-state index contributed by atoms with van der Waals surface area (Å²) in [6.45, 7) is 2.85. The Hall–Kier alpha value is -2.24. The molecule has 1 saturated heterocycles. The second kappa shape index (κ2) is 6.00. The summed E-state index contributed by atoms with van der Waals surface area (Å²) in [4.78, 5) is 19.0. The molecule has 0 spiro atoms. The lowest BCUT2D eigenvalue weighted by molar-refractivity contribution is -0.137. The summed E-state index contributed by atoms with van der Waals surface area (Å²) in [7, 11) is 0. The van der Waals surface area contributed by atoms with Gasteiger partial charge in [0.2, 0.25) is 17.6 Å². The Bertz CT molecular complexity index is 760. The van der Waals surface area contributed by atoms with Crippen molar-refractivity contribution >= 4 is 5.91 Å². The summed E-state index contributed by atoms with van der Waals surface area (Å²) >= 11 is 0. The van der Waals surface area contributed by atoms with Crippen molar-refractivity contribution in [3.8, 4) is 11.4 Å². The molecule has 2 aliphatic rings. The molecule has 24 heavy (non-hydrogen) atoms. The standard InChI is InChI=1S/C18H20FN3O2/c1-11-9-14(11)18(23)22-8-3-2-7-15(22)17-20-16(21-24-17)12-5-4-6-13(19)10-12/h4-6,10-11,14-15H,2-3,7-9H2,1H3/t11-,14+,15-/m1/s1. The number of hydrogen-bond acceptors (Lipinski definition) is 4. The number of carbonyl (C=O) groups excluding carboxylic acids is 1. The first-order valence-electron chi connectivity index (χ1n) is 8.53. The van der Waals surface area contributed by atoms with Gasteiger partial charge in [-0.2, -0.15) is 4.98 Å². The number of rotatable bonds is 3. The molecule has 0 radical (unpaired) electrons. The zero-order chi connectivity index (χ0) is 16.7. The lowest BCUT2D eigenvalue weighted by atomic mass is 10.0. The monoisotopic (exact) mass is 329 g/mol. The van der Waals surface area contributed by atoms with Gasteiger partial charge in [0.15, 0.2) is 0 Å². The van der Waals surface area contributed by atoms with Crippen LogP contribution in [-0.4, -0.2) is 27.5 Å². The molecule has 0 bridgehead atoms. The molecular weight excluding hydrogens is 309 g/mol. The van der Waals surface area contributed by atoms with Crippen LogP contribution in [0.1, 0.15) is 44.5 Å². The van der Waals surface area contributed by atoms with Crippen molar-refractivity contribution in [3.63, 3.8) is 0 Å². The Morgan fingerprint density at radius 3 is 2.96 bits per heavy atom. The highest BCUT2D eigenvalue weighted by atomic mass is 19.1. The van der Waals surface area contributed by atoms with Gasteiger partial charge in [0.05, 0.1) is 0 Å². The maximum Gasteiger partial charge on any atom is 0.249 e. The summed E-state index contributed by atoms with van der Waals surface area (Å²) in [6, 6.07) is 5.96. The third-order valence-electron chi connectivity index (χ3n) is 5.02. The van der Waals surface area contributed by atoms with Gasteiger partial charge >= 0.3 is 0 Å². The minimum Gasteiger partial charge on any atom is -0.337 e. The first-order chi connectivity index (χ1) is 11.6. The highest BCUT2D eigenvalue weighted by Gasteiger charge is 2.44. The van der Waals surface area contributed by atoms with Crippen molar-refractivity contribution in [1.82, 2.24) is 15.0 Å². The van der Waals surface area contributed by atoms with Crippen LogP contribution in [0.4, 0.5) is 4.39 Å². The van der Waals surface area contributed by atoms with Crippen LogP contribution >= 0.6 is 0 Å². The average molecular weight is 329 g/mol. The highest BCUT2D eigenvalue weighted by molar-refractivity contribution is 5.82. The summed E-state index contributed by atoms with van der Waals surface area (Å²) < 4.78 is 18.8. The molecule has 0 unspecified atom stereocenters. The third-order valence-corrected chi connectivity index (χ3v) is 5.02. The maximum absolute atomic E-state index is 13.4. The Balaban J connectivity index is 1.58. The van der Waals surface area contributed by atoms with Gasteiger partial charge in [0.25, 0.3) is 0 Å². The quantitative estimate of drug-likeness (QED) is 0.863. The van der Waals surface area contributed by atoms with Gasteiger partial charge in [0, 0.05) is 18.0 Å². The van der Waals surface area contributed by atoms with Crippen molar-refractivity contribution in [2.45, 2.75) is 38.6 Å². The van der Waals surface area contributed by atoms with Gasteiger partial charge in [-0.05, 0) is 43.7 Å². The largest absolute Gasteiger partial charge is 0.337 e.